The molecule has 0 aliphatic heterocycles. The summed E-state index contributed by atoms with van der Waals surface area (Å²) in [4.78, 5) is 15.4. The molecule has 2 saturated carbocycles. The first-order valence-corrected chi connectivity index (χ1v) is 12.9. The molecular weight excluding hydrogens is 451 g/mol. The molecule has 0 amide bonds. The average Bonchev–Trinajstić information content (AvgIpc) is 3.49. The highest BCUT2D eigenvalue weighted by Gasteiger charge is 2.63. The van der Waals surface area contributed by atoms with Gasteiger partial charge in [0.1, 0.15) is 5.78 Å². The molecule has 0 aromatic heterocycles. The van der Waals surface area contributed by atoms with Gasteiger partial charge in [0.25, 0.3) is 0 Å². The van der Waals surface area contributed by atoms with E-state index in [1.54, 1.807) is 20.8 Å². The van der Waals surface area contributed by atoms with E-state index in [0.717, 1.165) is 40.8 Å². The van der Waals surface area contributed by atoms with Gasteiger partial charge in [0.15, 0.2) is 0 Å². The maximum Gasteiger partial charge on any atom is 0.394 e. The average molecular weight is 498 g/mol. The molecule has 0 saturated heterocycles. The van der Waals surface area contributed by atoms with Crippen molar-refractivity contribution < 1.29 is 23.1 Å². The highest BCUT2D eigenvalue weighted by molar-refractivity contribution is 5.84. The predicted molar refractivity (Wildman–Crippen MR) is 139 cm³/mol. The summed E-state index contributed by atoms with van der Waals surface area (Å²) in [6, 6.07) is 5.95. The van der Waals surface area contributed by atoms with Crippen molar-refractivity contribution in [3.05, 3.63) is 29.3 Å². The highest BCUT2D eigenvalue weighted by Crippen LogP contribution is 2.60. The summed E-state index contributed by atoms with van der Waals surface area (Å²) in [6.45, 7) is 16.1. The van der Waals surface area contributed by atoms with Crippen LogP contribution < -0.4 is 0 Å². The molecule has 0 atom stereocenters. The monoisotopic (exact) mass is 497 g/mol. The molecule has 2 aliphatic rings. The van der Waals surface area contributed by atoms with Gasteiger partial charge in [-0.25, -0.2) is 0 Å². The fourth-order valence-corrected chi connectivity index (χ4v) is 3.88. The molecule has 1 aromatic rings. The number of aliphatic imine (C=N–C) groups is 1. The van der Waals surface area contributed by atoms with Crippen molar-refractivity contribution in [2.75, 3.05) is 0 Å². The third kappa shape index (κ3) is 10.4. The number of benzene rings is 1. The summed E-state index contributed by atoms with van der Waals surface area (Å²) in [5.41, 5.74) is 2.50. The molecule has 3 rings (SSSR count). The van der Waals surface area contributed by atoms with Gasteiger partial charge in [-0.2, -0.15) is 13.2 Å². The lowest BCUT2D eigenvalue weighted by Gasteiger charge is -2.33. The Morgan fingerprint density at radius 1 is 1.09 bits per heavy atom. The number of aryl methyl sites for hydroxylation is 1. The van der Waals surface area contributed by atoms with Gasteiger partial charge < -0.3 is 5.11 Å². The number of rotatable bonds is 7. The van der Waals surface area contributed by atoms with E-state index in [1.165, 1.54) is 19.3 Å². The smallest absolute Gasteiger partial charge is 0.386 e. The number of hydrogen-bond acceptors (Lipinski definition) is 3. The van der Waals surface area contributed by atoms with Crippen molar-refractivity contribution in [1.29, 1.82) is 0 Å². The number of hydrogen-bond donors (Lipinski definition) is 1. The number of carbonyl (C=O) groups excluding carboxylic acids is 1. The van der Waals surface area contributed by atoms with Gasteiger partial charge in [0.05, 0.1) is 16.7 Å². The molecule has 2 aliphatic carbocycles. The van der Waals surface area contributed by atoms with E-state index >= 15 is 0 Å². The highest BCUT2D eigenvalue weighted by atomic mass is 19.4. The van der Waals surface area contributed by atoms with Gasteiger partial charge in [-0.15, -0.1) is 0 Å². The molecule has 3 nitrogen and oxygen atoms in total. The maximum absolute atomic E-state index is 12.2. The van der Waals surface area contributed by atoms with Crippen molar-refractivity contribution in [2.24, 2.45) is 15.8 Å². The molecule has 6 heteroatoms. The van der Waals surface area contributed by atoms with Crippen LogP contribution in [-0.4, -0.2) is 22.8 Å². The molecule has 35 heavy (non-hydrogen) atoms. The Balaban J connectivity index is 0.000000293. The number of ketones is 1. The van der Waals surface area contributed by atoms with Gasteiger partial charge in [-0.3, -0.25) is 9.79 Å². The summed E-state index contributed by atoms with van der Waals surface area (Å²) in [5.74, 6) is -0.287. The van der Waals surface area contributed by atoms with Crippen LogP contribution in [0.15, 0.2) is 23.2 Å². The van der Waals surface area contributed by atoms with Crippen LogP contribution >= 0.6 is 0 Å². The number of halogens is 3. The van der Waals surface area contributed by atoms with Crippen molar-refractivity contribution in [1.82, 2.24) is 0 Å². The van der Waals surface area contributed by atoms with Crippen LogP contribution in [0.3, 0.4) is 0 Å². The second-order valence-electron chi connectivity index (χ2n) is 11.5. The number of carbonyl (C=O) groups is 1. The molecular formula is C29H46F3NO2. The Morgan fingerprint density at radius 2 is 1.63 bits per heavy atom. The summed E-state index contributed by atoms with van der Waals surface area (Å²) in [5, 5.41) is 9.93. The lowest BCUT2D eigenvalue weighted by Crippen LogP contribution is -2.26. The zero-order valence-corrected chi connectivity index (χ0v) is 23.0. The number of nitrogens with zero attached hydrogens (tertiary/aromatic N) is 1. The second kappa shape index (κ2) is 12.5. The van der Waals surface area contributed by atoms with Crippen LogP contribution in [-0.2, 0) is 10.4 Å². The molecule has 0 spiro atoms. The number of aliphatic hydroxyl groups is 1. The van der Waals surface area contributed by atoms with Crippen molar-refractivity contribution >= 4 is 17.2 Å². The van der Waals surface area contributed by atoms with E-state index in [-0.39, 0.29) is 31.5 Å². The van der Waals surface area contributed by atoms with Gasteiger partial charge >= 0.3 is 6.18 Å². The summed E-state index contributed by atoms with van der Waals surface area (Å²) >= 11 is 0. The maximum atomic E-state index is 12.2. The second-order valence-corrected chi connectivity index (χ2v) is 11.5. The zero-order valence-electron chi connectivity index (χ0n) is 23.0. The van der Waals surface area contributed by atoms with Crippen molar-refractivity contribution in [2.45, 2.75) is 125 Å². The van der Waals surface area contributed by atoms with Crippen LogP contribution in [0.25, 0.3) is 0 Å². The predicted octanol–water partition coefficient (Wildman–Crippen LogP) is 9.01. The Bertz CT molecular complexity index is 854. The zero-order chi connectivity index (χ0) is 27.1. The van der Waals surface area contributed by atoms with Crippen LogP contribution in [0.2, 0.25) is 0 Å². The van der Waals surface area contributed by atoms with E-state index in [1.807, 2.05) is 25.1 Å². The van der Waals surface area contributed by atoms with E-state index in [0.29, 0.717) is 0 Å². The molecule has 0 unspecified atom stereocenters. The minimum atomic E-state index is -4.18. The Morgan fingerprint density at radius 3 is 1.94 bits per heavy atom. The molecule has 0 bridgehead atoms. The van der Waals surface area contributed by atoms with E-state index in [4.69, 9.17) is 0 Å². The lowest BCUT2D eigenvalue weighted by atomic mass is 9.72. The Labute approximate surface area is 210 Å². The SMILES string of the molecule is CC1(C)CCC1.CCC(=O)CC1(C(F)(F)F)CC1.CCCC(C)=Nc1ccc(C(C)(C)O)cc1C. The van der Waals surface area contributed by atoms with E-state index < -0.39 is 17.2 Å². The fraction of sp³-hybridized carbons (Fsp3) is 0.724. The molecule has 1 N–H and O–H groups in total. The van der Waals surface area contributed by atoms with Crippen molar-refractivity contribution in [3.63, 3.8) is 0 Å². The van der Waals surface area contributed by atoms with Crippen LogP contribution in [0.4, 0.5) is 18.9 Å². The van der Waals surface area contributed by atoms with Crippen LogP contribution in [0, 0.1) is 17.8 Å². The van der Waals surface area contributed by atoms with Gasteiger partial charge in [-0.05, 0) is 82.4 Å². The third-order valence-corrected chi connectivity index (χ3v) is 6.92. The number of alkyl halides is 3. The van der Waals surface area contributed by atoms with Crippen LogP contribution in [0.5, 0.6) is 0 Å². The van der Waals surface area contributed by atoms with Crippen LogP contribution in [0.1, 0.15) is 117 Å². The van der Waals surface area contributed by atoms with Gasteiger partial charge in [-0.1, -0.05) is 52.7 Å². The summed E-state index contributed by atoms with van der Waals surface area (Å²) in [6.07, 6.45) is 2.49. The van der Waals surface area contributed by atoms with Gasteiger partial charge in [0.2, 0.25) is 0 Å². The largest absolute Gasteiger partial charge is 0.394 e. The summed E-state index contributed by atoms with van der Waals surface area (Å²) < 4.78 is 36.7. The topological polar surface area (TPSA) is 49.7 Å². The molecule has 1 aromatic carbocycles. The van der Waals surface area contributed by atoms with Crippen molar-refractivity contribution in [3.8, 4) is 0 Å². The minimum Gasteiger partial charge on any atom is -0.386 e. The third-order valence-electron chi connectivity index (χ3n) is 6.92. The molecule has 0 radical (unpaired) electrons. The normalized spacial score (nSPS) is 18.3. The lowest BCUT2D eigenvalue weighted by molar-refractivity contribution is -0.190. The first-order valence-electron chi connectivity index (χ1n) is 12.9. The molecule has 2 fully saturated rings. The molecule has 200 valence electrons. The standard InChI is InChI=1S/C15H23NO.C8H11F3O.C6H12/c1-6-7-12(3)16-14-9-8-13(10-11(14)2)15(4,5)17;1-2-6(12)5-7(3-4-7)8(9,10)11;1-6(2)4-3-5-6/h8-10,17H,6-7H2,1-5H3;2-5H2,1H3;3-5H2,1-2H3. The van der Waals surface area contributed by atoms with Gasteiger partial charge in [0, 0.05) is 18.6 Å². The molecule has 0 heterocycles. The van der Waals surface area contributed by atoms with E-state index in [2.05, 4.69) is 32.7 Å². The first kappa shape index (κ1) is 31.3. The summed E-state index contributed by atoms with van der Waals surface area (Å²) in [7, 11) is 0. The first-order chi connectivity index (χ1) is 16.0. The number of Topliss-reactive ketones (excluding diaryl/α,β-unsaturated/α-hetero) is 1. The Hall–Kier alpha value is -1.69. The quantitative estimate of drug-likeness (QED) is 0.382. The Kier molecular flexibility index (Phi) is 11.2. The fourth-order valence-electron chi connectivity index (χ4n) is 3.88. The van der Waals surface area contributed by atoms with E-state index in [9.17, 15) is 23.1 Å². The minimum absolute atomic E-state index is 0.127.